The molecule has 2 N–H and O–H groups in total. The second kappa shape index (κ2) is 5.47. The van der Waals surface area contributed by atoms with Crippen LogP contribution in [0.25, 0.3) is 0 Å². The highest BCUT2D eigenvalue weighted by molar-refractivity contribution is 7.13. The molecule has 0 unspecified atom stereocenters. The SMILES string of the molecule is Nc1nc(CN2CCCCCCC2)cs1. The number of nitrogen functional groups attached to an aromatic ring is 1. The van der Waals surface area contributed by atoms with Crippen LogP contribution in [-0.2, 0) is 6.54 Å². The Balaban J connectivity index is 1.86. The van der Waals surface area contributed by atoms with Gasteiger partial charge in [0.1, 0.15) is 0 Å². The zero-order valence-corrected chi connectivity index (χ0v) is 9.93. The van der Waals surface area contributed by atoms with E-state index in [9.17, 15) is 0 Å². The Bertz CT molecular complexity index is 290. The van der Waals surface area contributed by atoms with E-state index in [1.807, 2.05) is 0 Å². The molecule has 3 nitrogen and oxygen atoms in total. The lowest BCUT2D eigenvalue weighted by atomic mass is 10.1. The van der Waals surface area contributed by atoms with Crippen molar-refractivity contribution in [3.63, 3.8) is 0 Å². The molecule has 0 spiro atoms. The van der Waals surface area contributed by atoms with E-state index in [-0.39, 0.29) is 0 Å². The molecule has 2 heterocycles. The predicted molar refractivity (Wildman–Crippen MR) is 64.9 cm³/mol. The third kappa shape index (κ3) is 3.47. The van der Waals surface area contributed by atoms with Gasteiger partial charge < -0.3 is 5.73 Å². The first kappa shape index (κ1) is 10.9. The molecule has 4 heteroatoms. The first-order valence-electron chi connectivity index (χ1n) is 5.77. The molecule has 0 saturated carbocycles. The molecule has 2 rings (SSSR count). The minimum atomic E-state index is 0.692. The minimum Gasteiger partial charge on any atom is -0.375 e. The van der Waals surface area contributed by atoms with Crippen LogP contribution in [0, 0.1) is 0 Å². The fraction of sp³-hybridized carbons (Fsp3) is 0.727. The zero-order valence-electron chi connectivity index (χ0n) is 9.11. The molecular weight excluding hydrogens is 206 g/mol. The predicted octanol–water partition coefficient (Wildman–Crippen LogP) is 2.49. The first-order chi connectivity index (χ1) is 7.34. The molecule has 0 radical (unpaired) electrons. The first-order valence-corrected chi connectivity index (χ1v) is 6.65. The van der Waals surface area contributed by atoms with Crippen LogP contribution < -0.4 is 5.73 Å². The van der Waals surface area contributed by atoms with Crippen LogP contribution in [0.4, 0.5) is 5.13 Å². The maximum absolute atomic E-state index is 5.63. The standard InChI is InChI=1S/C11H19N3S/c12-11-13-10(9-15-11)8-14-6-4-2-1-3-5-7-14/h9H,1-8H2,(H2,12,13). The molecule has 0 bridgehead atoms. The molecule has 0 atom stereocenters. The number of hydrogen-bond donors (Lipinski definition) is 1. The number of thiazole rings is 1. The Kier molecular flexibility index (Phi) is 3.97. The van der Waals surface area contributed by atoms with Gasteiger partial charge in [-0.15, -0.1) is 11.3 Å². The van der Waals surface area contributed by atoms with Gasteiger partial charge in [0.25, 0.3) is 0 Å². The summed E-state index contributed by atoms with van der Waals surface area (Å²) in [7, 11) is 0. The quantitative estimate of drug-likeness (QED) is 0.841. The highest BCUT2D eigenvalue weighted by atomic mass is 32.1. The molecule has 1 aromatic heterocycles. The Morgan fingerprint density at radius 1 is 1.20 bits per heavy atom. The van der Waals surface area contributed by atoms with Gasteiger partial charge in [-0.05, 0) is 25.9 Å². The lowest BCUT2D eigenvalue weighted by Crippen LogP contribution is -2.26. The molecule has 0 aliphatic carbocycles. The average Bonchev–Trinajstić information content (AvgIpc) is 2.56. The summed E-state index contributed by atoms with van der Waals surface area (Å²) in [5.74, 6) is 0. The van der Waals surface area contributed by atoms with Crippen molar-refractivity contribution in [3.8, 4) is 0 Å². The summed E-state index contributed by atoms with van der Waals surface area (Å²) < 4.78 is 0. The highest BCUT2D eigenvalue weighted by Gasteiger charge is 2.10. The van der Waals surface area contributed by atoms with E-state index in [1.54, 1.807) is 11.3 Å². The van der Waals surface area contributed by atoms with E-state index in [2.05, 4.69) is 15.3 Å². The molecule has 1 fully saturated rings. The van der Waals surface area contributed by atoms with Gasteiger partial charge in [0.05, 0.1) is 5.69 Å². The van der Waals surface area contributed by atoms with Gasteiger partial charge in [-0.3, -0.25) is 4.90 Å². The van der Waals surface area contributed by atoms with Crippen LogP contribution in [-0.4, -0.2) is 23.0 Å². The van der Waals surface area contributed by atoms with E-state index in [4.69, 9.17) is 5.73 Å². The highest BCUT2D eigenvalue weighted by Crippen LogP contribution is 2.16. The summed E-state index contributed by atoms with van der Waals surface area (Å²) in [6.45, 7) is 3.42. The fourth-order valence-electron chi connectivity index (χ4n) is 2.10. The third-order valence-corrected chi connectivity index (χ3v) is 3.63. The lowest BCUT2D eigenvalue weighted by Gasteiger charge is -2.23. The maximum Gasteiger partial charge on any atom is 0.180 e. The molecular formula is C11H19N3S. The zero-order chi connectivity index (χ0) is 10.5. The van der Waals surface area contributed by atoms with Gasteiger partial charge in [-0.2, -0.15) is 0 Å². The summed E-state index contributed by atoms with van der Waals surface area (Å²) in [6.07, 6.45) is 6.85. The summed E-state index contributed by atoms with van der Waals surface area (Å²) in [5, 5.41) is 2.77. The average molecular weight is 225 g/mol. The Hall–Kier alpha value is -0.610. The molecule has 1 aliphatic rings. The number of nitrogens with two attached hydrogens (primary N) is 1. The smallest absolute Gasteiger partial charge is 0.180 e. The second-order valence-corrected chi connectivity index (χ2v) is 5.11. The van der Waals surface area contributed by atoms with Gasteiger partial charge in [0.15, 0.2) is 5.13 Å². The van der Waals surface area contributed by atoms with Gasteiger partial charge in [-0.1, -0.05) is 19.3 Å². The molecule has 0 amide bonds. The van der Waals surface area contributed by atoms with Gasteiger partial charge in [-0.25, -0.2) is 4.98 Å². The van der Waals surface area contributed by atoms with Crippen LogP contribution in [0.2, 0.25) is 0 Å². The maximum atomic E-state index is 5.63. The summed E-state index contributed by atoms with van der Waals surface area (Å²) in [6, 6.07) is 0. The van der Waals surface area contributed by atoms with E-state index >= 15 is 0 Å². The van der Waals surface area contributed by atoms with Gasteiger partial charge in [0, 0.05) is 11.9 Å². The second-order valence-electron chi connectivity index (χ2n) is 4.22. The van der Waals surface area contributed by atoms with Crippen molar-refractivity contribution in [2.75, 3.05) is 18.8 Å². The fourth-order valence-corrected chi connectivity index (χ4v) is 2.65. The monoisotopic (exact) mass is 225 g/mol. The molecule has 1 aromatic rings. The number of hydrogen-bond acceptors (Lipinski definition) is 4. The molecule has 1 saturated heterocycles. The van der Waals surface area contributed by atoms with Crippen molar-refractivity contribution >= 4 is 16.5 Å². The Morgan fingerprint density at radius 3 is 2.47 bits per heavy atom. The molecule has 1 aliphatic heterocycles. The van der Waals surface area contributed by atoms with Crippen LogP contribution in [0.1, 0.15) is 37.8 Å². The summed E-state index contributed by atoms with van der Waals surface area (Å²) in [4.78, 5) is 6.82. The number of nitrogens with zero attached hydrogens (tertiary/aromatic N) is 2. The van der Waals surface area contributed by atoms with Crippen LogP contribution in [0.5, 0.6) is 0 Å². The minimum absolute atomic E-state index is 0.692. The number of rotatable bonds is 2. The van der Waals surface area contributed by atoms with E-state index in [0.29, 0.717) is 5.13 Å². The third-order valence-electron chi connectivity index (χ3n) is 2.90. The molecule has 84 valence electrons. The normalized spacial score (nSPS) is 19.7. The van der Waals surface area contributed by atoms with Crippen LogP contribution in [0.3, 0.4) is 0 Å². The largest absolute Gasteiger partial charge is 0.375 e. The van der Waals surface area contributed by atoms with Crippen molar-refractivity contribution in [1.29, 1.82) is 0 Å². The van der Waals surface area contributed by atoms with Crippen LogP contribution >= 0.6 is 11.3 Å². The Labute approximate surface area is 95.3 Å². The van der Waals surface area contributed by atoms with E-state index < -0.39 is 0 Å². The lowest BCUT2D eigenvalue weighted by molar-refractivity contribution is 0.238. The Morgan fingerprint density at radius 2 is 1.87 bits per heavy atom. The van der Waals surface area contributed by atoms with Crippen molar-refractivity contribution in [2.45, 2.75) is 38.6 Å². The number of aromatic nitrogens is 1. The van der Waals surface area contributed by atoms with Crippen molar-refractivity contribution in [3.05, 3.63) is 11.1 Å². The topological polar surface area (TPSA) is 42.1 Å². The van der Waals surface area contributed by atoms with Gasteiger partial charge in [0.2, 0.25) is 0 Å². The van der Waals surface area contributed by atoms with Gasteiger partial charge >= 0.3 is 0 Å². The molecule has 0 aromatic carbocycles. The van der Waals surface area contributed by atoms with Crippen molar-refractivity contribution in [1.82, 2.24) is 9.88 Å². The van der Waals surface area contributed by atoms with Crippen molar-refractivity contribution in [2.24, 2.45) is 0 Å². The van der Waals surface area contributed by atoms with E-state index in [1.165, 1.54) is 45.2 Å². The van der Waals surface area contributed by atoms with Crippen LogP contribution in [0.15, 0.2) is 5.38 Å². The van der Waals surface area contributed by atoms with E-state index in [0.717, 1.165) is 12.2 Å². The summed E-state index contributed by atoms with van der Waals surface area (Å²) in [5.41, 5.74) is 6.77. The van der Waals surface area contributed by atoms with Crippen molar-refractivity contribution < 1.29 is 0 Å². The molecule has 15 heavy (non-hydrogen) atoms. The number of anilines is 1. The number of likely N-dealkylation sites (tertiary alicyclic amines) is 1. The summed E-state index contributed by atoms with van der Waals surface area (Å²) >= 11 is 1.54.